The molecular formula is C13H9N3O6S. The average molecular weight is 335 g/mol. The highest BCUT2D eigenvalue weighted by atomic mass is 32.2. The minimum atomic E-state index is -3.99. The largest absolute Gasteiger partial charge is 0.380 e. The van der Waals surface area contributed by atoms with Gasteiger partial charge in [-0.3, -0.25) is 9.59 Å². The lowest BCUT2D eigenvalue weighted by atomic mass is 10.1. The predicted molar refractivity (Wildman–Crippen MR) is 74.5 cm³/mol. The lowest BCUT2D eigenvalue weighted by Crippen LogP contribution is -2.32. The minimum absolute atomic E-state index is 0.113. The minimum Gasteiger partial charge on any atom is -0.354 e. The van der Waals surface area contributed by atoms with Gasteiger partial charge in [0.15, 0.2) is 0 Å². The number of hydrogen-bond donors (Lipinski definition) is 2. The first-order chi connectivity index (χ1) is 10.8. The van der Waals surface area contributed by atoms with E-state index in [0.29, 0.717) is 5.06 Å². The number of carbonyl (C=O) groups is 3. The molecule has 3 rings (SSSR count). The molecule has 0 unspecified atom stereocenters. The van der Waals surface area contributed by atoms with E-state index >= 15 is 0 Å². The van der Waals surface area contributed by atoms with Crippen molar-refractivity contribution in [3.05, 3.63) is 53.3 Å². The fourth-order valence-corrected chi connectivity index (χ4v) is 2.54. The molecule has 0 saturated carbocycles. The maximum Gasteiger partial charge on any atom is 0.380 e. The van der Waals surface area contributed by atoms with Gasteiger partial charge < -0.3 is 9.82 Å². The second-order valence-corrected chi connectivity index (χ2v) is 6.18. The molecule has 2 amide bonds. The zero-order valence-corrected chi connectivity index (χ0v) is 12.2. The van der Waals surface area contributed by atoms with Crippen molar-refractivity contribution in [2.45, 2.75) is 4.90 Å². The van der Waals surface area contributed by atoms with Crippen LogP contribution in [-0.2, 0) is 14.9 Å². The molecule has 0 radical (unpaired) electrons. The number of rotatable bonds is 3. The first kappa shape index (κ1) is 14.9. The molecular weight excluding hydrogens is 326 g/mol. The molecule has 0 spiro atoms. The third-order valence-electron chi connectivity index (χ3n) is 3.14. The quantitative estimate of drug-likeness (QED) is 0.758. The number of nitrogens with one attached hydrogen (secondary N) is 1. The highest BCUT2D eigenvalue weighted by Crippen LogP contribution is 2.23. The normalized spacial score (nSPS) is 14.0. The van der Waals surface area contributed by atoms with Gasteiger partial charge >= 0.3 is 5.97 Å². The number of H-pyrrole nitrogens is 1. The molecule has 0 atom stereocenters. The standard InChI is InChI=1S/C13H9N3O6S/c14-23(20,21)7-5-10(15-6-7)13(19)22-16-11(17)8-3-1-2-4-9(8)12(16)18/h1-6,15H,(H2,14,20,21). The lowest BCUT2D eigenvalue weighted by molar-refractivity contribution is -0.0588. The van der Waals surface area contributed by atoms with Crippen LogP contribution in [0.1, 0.15) is 31.2 Å². The van der Waals surface area contributed by atoms with Crippen molar-refractivity contribution >= 4 is 27.8 Å². The van der Waals surface area contributed by atoms with Crippen molar-refractivity contribution in [3.63, 3.8) is 0 Å². The number of nitrogens with two attached hydrogens (primary N) is 1. The van der Waals surface area contributed by atoms with Crippen LogP contribution in [0.3, 0.4) is 0 Å². The number of primary sulfonamides is 1. The molecule has 0 bridgehead atoms. The summed E-state index contributed by atoms with van der Waals surface area (Å²) in [6.07, 6.45) is 0.994. The summed E-state index contributed by atoms with van der Waals surface area (Å²) in [7, 11) is -3.99. The Morgan fingerprint density at radius 3 is 2.17 bits per heavy atom. The summed E-state index contributed by atoms with van der Waals surface area (Å²) in [5.41, 5.74) is -0.0467. The second-order valence-electron chi connectivity index (χ2n) is 4.62. The number of benzene rings is 1. The van der Waals surface area contributed by atoms with Gasteiger partial charge in [0.25, 0.3) is 11.8 Å². The van der Waals surface area contributed by atoms with Crippen molar-refractivity contribution in [3.8, 4) is 0 Å². The van der Waals surface area contributed by atoms with Gasteiger partial charge in [-0.25, -0.2) is 18.4 Å². The Labute approximate surface area is 129 Å². The summed E-state index contributed by atoms with van der Waals surface area (Å²) in [4.78, 5) is 42.8. The van der Waals surface area contributed by atoms with Crippen LogP contribution in [0.4, 0.5) is 0 Å². The smallest absolute Gasteiger partial charge is 0.354 e. The van der Waals surface area contributed by atoms with E-state index in [1.165, 1.54) is 12.1 Å². The molecule has 0 fully saturated rings. The number of aromatic nitrogens is 1. The molecule has 2 aromatic rings. The maximum absolute atomic E-state index is 12.0. The highest BCUT2D eigenvalue weighted by molar-refractivity contribution is 7.89. The van der Waals surface area contributed by atoms with Crippen LogP contribution in [0.25, 0.3) is 0 Å². The summed E-state index contributed by atoms with van der Waals surface area (Å²) in [5.74, 6) is -2.66. The van der Waals surface area contributed by atoms with Crippen molar-refractivity contribution in [1.29, 1.82) is 0 Å². The SMILES string of the molecule is NS(=O)(=O)c1c[nH]c(C(=O)ON2C(=O)c3ccccc3C2=O)c1. The number of nitrogens with zero attached hydrogens (tertiary/aromatic N) is 1. The van der Waals surface area contributed by atoms with Crippen molar-refractivity contribution in [1.82, 2.24) is 10.0 Å². The maximum atomic E-state index is 12.0. The summed E-state index contributed by atoms with van der Waals surface area (Å²) >= 11 is 0. The number of amides is 2. The van der Waals surface area contributed by atoms with Crippen LogP contribution < -0.4 is 5.14 Å². The Kier molecular flexibility index (Phi) is 3.27. The van der Waals surface area contributed by atoms with E-state index < -0.39 is 27.8 Å². The predicted octanol–water partition coefficient (Wildman–Crippen LogP) is 0.0301. The van der Waals surface area contributed by atoms with Crippen LogP contribution in [0.15, 0.2) is 41.4 Å². The van der Waals surface area contributed by atoms with Crippen molar-refractivity contribution < 1.29 is 27.6 Å². The lowest BCUT2D eigenvalue weighted by Gasteiger charge is -2.11. The molecule has 1 aliphatic rings. The Balaban J connectivity index is 1.83. The monoisotopic (exact) mass is 335 g/mol. The fraction of sp³-hybridized carbons (Fsp3) is 0. The Bertz CT molecular complexity index is 911. The van der Waals surface area contributed by atoms with E-state index in [4.69, 9.17) is 9.98 Å². The molecule has 118 valence electrons. The number of hydroxylamine groups is 2. The topological polar surface area (TPSA) is 140 Å². The third-order valence-corrected chi connectivity index (χ3v) is 4.03. The Morgan fingerprint density at radius 1 is 1.13 bits per heavy atom. The van der Waals surface area contributed by atoms with Gasteiger partial charge in [-0.05, 0) is 18.2 Å². The third kappa shape index (κ3) is 2.49. The fourth-order valence-electron chi connectivity index (χ4n) is 2.04. The molecule has 1 aliphatic heterocycles. The molecule has 23 heavy (non-hydrogen) atoms. The number of sulfonamides is 1. The molecule has 10 heteroatoms. The van der Waals surface area contributed by atoms with Crippen LogP contribution in [-0.4, -0.2) is 36.2 Å². The number of aromatic amines is 1. The summed E-state index contributed by atoms with van der Waals surface area (Å²) in [5, 5.41) is 5.24. The second kappa shape index (κ2) is 5.04. The van der Waals surface area contributed by atoms with E-state index in [2.05, 4.69) is 4.98 Å². The van der Waals surface area contributed by atoms with Gasteiger partial charge in [0, 0.05) is 6.20 Å². The molecule has 0 saturated heterocycles. The molecule has 1 aromatic heterocycles. The summed E-state index contributed by atoms with van der Waals surface area (Å²) in [6.45, 7) is 0. The number of carbonyl (C=O) groups excluding carboxylic acids is 3. The Hall–Kier alpha value is -2.98. The van der Waals surface area contributed by atoms with Crippen LogP contribution in [0.2, 0.25) is 0 Å². The summed E-state index contributed by atoms with van der Waals surface area (Å²) < 4.78 is 22.3. The summed E-state index contributed by atoms with van der Waals surface area (Å²) in [6, 6.07) is 6.93. The van der Waals surface area contributed by atoms with Gasteiger partial charge in [-0.15, -0.1) is 0 Å². The molecule has 1 aromatic carbocycles. The number of hydrogen-bond acceptors (Lipinski definition) is 6. The van der Waals surface area contributed by atoms with Crippen molar-refractivity contribution in [2.75, 3.05) is 0 Å². The average Bonchev–Trinajstić information content (AvgIpc) is 3.08. The number of imide groups is 1. The van der Waals surface area contributed by atoms with E-state index in [1.54, 1.807) is 12.1 Å². The van der Waals surface area contributed by atoms with E-state index in [9.17, 15) is 22.8 Å². The van der Waals surface area contributed by atoms with Gasteiger partial charge in [0.05, 0.1) is 11.1 Å². The Morgan fingerprint density at radius 2 is 1.70 bits per heavy atom. The first-order valence-corrected chi connectivity index (χ1v) is 7.75. The molecule has 0 aliphatic carbocycles. The van der Waals surface area contributed by atoms with Gasteiger partial charge in [0.2, 0.25) is 10.0 Å². The zero-order chi connectivity index (χ0) is 16.8. The van der Waals surface area contributed by atoms with Gasteiger partial charge in [-0.2, -0.15) is 0 Å². The molecule has 9 nitrogen and oxygen atoms in total. The van der Waals surface area contributed by atoms with E-state index in [-0.39, 0.29) is 21.7 Å². The molecule has 3 N–H and O–H groups in total. The van der Waals surface area contributed by atoms with E-state index in [0.717, 1.165) is 12.3 Å². The van der Waals surface area contributed by atoms with Crippen LogP contribution in [0.5, 0.6) is 0 Å². The van der Waals surface area contributed by atoms with Gasteiger partial charge in [0.1, 0.15) is 10.6 Å². The van der Waals surface area contributed by atoms with Crippen molar-refractivity contribution in [2.24, 2.45) is 5.14 Å². The van der Waals surface area contributed by atoms with E-state index in [1.807, 2.05) is 0 Å². The zero-order valence-electron chi connectivity index (χ0n) is 11.3. The highest BCUT2D eigenvalue weighted by Gasteiger charge is 2.39. The van der Waals surface area contributed by atoms with Crippen LogP contribution >= 0.6 is 0 Å². The first-order valence-electron chi connectivity index (χ1n) is 6.20. The number of fused-ring (bicyclic) bond motifs is 1. The van der Waals surface area contributed by atoms with Crippen LogP contribution in [0, 0.1) is 0 Å². The van der Waals surface area contributed by atoms with Gasteiger partial charge in [-0.1, -0.05) is 17.2 Å². The molecule has 2 heterocycles.